The lowest BCUT2D eigenvalue weighted by atomic mass is 9.90. The quantitative estimate of drug-likeness (QED) is 0.790. The van der Waals surface area contributed by atoms with Crippen molar-refractivity contribution in [2.24, 2.45) is 0 Å². The molecule has 2 heterocycles. The molecule has 0 unspecified atom stereocenters. The van der Waals surface area contributed by atoms with Crippen molar-refractivity contribution >= 4 is 11.7 Å². The van der Waals surface area contributed by atoms with E-state index in [1.807, 2.05) is 29.2 Å². The number of carbonyl (C=O) groups is 1. The molecule has 2 amide bonds. The number of hydrogen-bond donors (Lipinski definition) is 0. The molecule has 0 radical (unpaired) electrons. The molecule has 0 N–H and O–H groups in total. The molecule has 0 aromatic heterocycles. The van der Waals surface area contributed by atoms with Gasteiger partial charge in [-0.3, -0.25) is 0 Å². The molecule has 128 valence electrons. The van der Waals surface area contributed by atoms with Gasteiger partial charge in [0.05, 0.1) is 24.8 Å². The van der Waals surface area contributed by atoms with Gasteiger partial charge in [0.2, 0.25) is 0 Å². The minimum Gasteiger partial charge on any atom is -0.369 e. The topological polar surface area (TPSA) is 59.8 Å². The monoisotopic (exact) mass is 328 g/mol. The Morgan fingerprint density at radius 3 is 2.92 bits per heavy atom. The molecule has 2 fully saturated rings. The molecule has 0 saturated carbocycles. The second-order valence-electron chi connectivity index (χ2n) is 6.82. The van der Waals surface area contributed by atoms with Gasteiger partial charge in [-0.1, -0.05) is 6.07 Å². The number of urea groups is 1. The fourth-order valence-electron chi connectivity index (χ4n) is 3.63. The van der Waals surface area contributed by atoms with Gasteiger partial charge in [0.25, 0.3) is 0 Å². The van der Waals surface area contributed by atoms with E-state index in [0.717, 1.165) is 31.6 Å². The maximum atomic E-state index is 12.3. The zero-order valence-corrected chi connectivity index (χ0v) is 14.4. The summed E-state index contributed by atoms with van der Waals surface area (Å²) >= 11 is 0. The molecule has 1 atom stereocenters. The highest BCUT2D eigenvalue weighted by atomic mass is 16.5. The standard InChI is InChI=1S/C18H24N4O2/c1-20(2)17(23)22-9-10-24-18(14-22)7-4-8-21(13-18)16-6-3-5-15(11-16)12-19/h3,5-6,11H,4,7-10,13-14H2,1-2H3/t18-/m1/s1. The summed E-state index contributed by atoms with van der Waals surface area (Å²) in [5, 5.41) is 9.11. The normalized spacial score (nSPS) is 23.9. The molecule has 0 aliphatic carbocycles. The summed E-state index contributed by atoms with van der Waals surface area (Å²) in [7, 11) is 3.57. The van der Waals surface area contributed by atoms with Crippen molar-refractivity contribution < 1.29 is 9.53 Å². The second kappa shape index (κ2) is 6.70. The number of morpholine rings is 1. The van der Waals surface area contributed by atoms with Gasteiger partial charge in [-0.15, -0.1) is 0 Å². The van der Waals surface area contributed by atoms with Crippen LogP contribution in [0.15, 0.2) is 24.3 Å². The molecular formula is C18H24N4O2. The first-order valence-corrected chi connectivity index (χ1v) is 8.38. The van der Waals surface area contributed by atoms with Crippen LogP contribution >= 0.6 is 0 Å². The predicted octanol–water partition coefficient (Wildman–Crippen LogP) is 1.91. The molecule has 0 bridgehead atoms. The lowest BCUT2D eigenvalue weighted by Gasteiger charge is -2.48. The van der Waals surface area contributed by atoms with Gasteiger partial charge in [-0.05, 0) is 31.0 Å². The van der Waals surface area contributed by atoms with E-state index in [1.165, 1.54) is 0 Å². The summed E-state index contributed by atoms with van der Waals surface area (Å²) in [6.07, 6.45) is 1.97. The lowest BCUT2D eigenvalue weighted by Crippen LogP contribution is -2.61. The average molecular weight is 328 g/mol. The number of rotatable bonds is 1. The molecule has 1 aromatic carbocycles. The van der Waals surface area contributed by atoms with E-state index < -0.39 is 0 Å². The zero-order valence-electron chi connectivity index (χ0n) is 14.4. The highest BCUT2D eigenvalue weighted by Crippen LogP contribution is 2.32. The van der Waals surface area contributed by atoms with Crippen LogP contribution in [-0.2, 0) is 4.74 Å². The summed E-state index contributed by atoms with van der Waals surface area (Å²) in [4.78, 5) is 18.1. The van der Waals surface area contributed by atoms with Gasteiger partial charge in [-0.25, -0.2) is 4.79 Å². The fourth-order valence-corrected chi connectivity index (χ4v) is 3.63. The molecule has 2 aliphatic heterocycles. The van der Waals surface area contributed by atoms with Crippen LogP contribution in [0.1, 0.15) is 18.4 Å². The van der Waals surface area contributed by atoms with Gasteiger partial charge < -0.3 is 19.4 Å². The van der Waals surface area contributed by atoms with Crippen molar-refractivity contribution in [1.82, 2.24) is 9.80 Å². The van der Waals surface area contributed by atoms with E-state index in [2.05, 4.69) is 11.0 Å². The van der Waals surface area contributed by atoms with E-state index in [-0.39, 0.29) is 11.6 Å². The molecule has 6 heteroatoms. The number of ether oxygens (including phenoxy) is 1. The lowest BCUT2D eigenvalue weighted by molar-refractivity contribution is -0.104. The van der Waals surface area contributed by atoms with Crippen LogP contribution in [-0.4, -0.2) is 68.3 Å². The molecule has 6 nitrogen and oxygen atoms in total. The smallest absolute Gasteiger partial charge is 0.319 e. The molecule has 1 aromatic rings. The SMILES string of the molecule is CN(C)C(=O)N1CCO[C@@]2(CCCN(c3cccc(C#N)c3)C2)C1. The highest BCUT2D eigenvalue weighted by Gasteiger charge is 2.42. The predicted molar refractivity (Wildman–Crippen MR) is 91.9 cm³/mol. The van der Waals surface area contributed by atoms with Crippen LogP contribution < -0.4 is 4.90 Å². The fraction of sp³-hybridized carbons (Fsp3) is 0.556. The van der Waals surface area contributed by atoms with E-state index >= 15 is 0 Å². The Kier molecular flexibility index (Phi) is 4.63. The van der Waals surface area contributed by atoms with Crippen LogP contribution in [0.25, 0.3) is 0 Å². The van der Waals surface area contributed by atoms with Crippen molar-refractivity contribution in [3.63, 3.8) is 0 Å². The van der Waals surface area contributed by atoms with Gasteiger partial charge in [0, 0.05) is 39.4 Å². The summed E-state index contributed by atoms with van der Waals surface area (Å²) < 4.78 is 6.16. The Morgan fingerprint density at radius 2 is 2.17 bits per heavy atom. The Bertz CT molecular complexity index is 651. The number of hydrogen-bond acceptors (Lipinski definition) is 4. The number of amides is 2. The van der Waals surface area contributed by atoms with Crippen molar-refractivity contribution in [1.29, 1.82) is 5.26 Å². The summed E-state index contributed by atoms with van der Waals surface area (Å²) in [5.41, 5.74) is 1.40. The third kappa shape index (κ3) is 3.31. The summed E-state index contributed by atoms with van der Waals surface area (Å²) in [6.45, 7) is 3.54. The number of nitrogens with zero attached hydrogens (tertiary/aromatic N) is 4. The van der Waals surface area contributed by atoms with Gasteiger partial charge >= 0.3 is 6.03 Å². The maximum absolute atomic E-state index is 12.3. The molecule has 2 aliphatic rings. The van der Waals surface area contributed by atoms with Crippen LogP contribution in [0.4, 0.5) is 10.5 Å². The van der Waals surface area contributed by atoms with Gasteiger partial charge in [-0.2, -0.15) is 5.26 Å². The van der Waals surface area contributed by atoms with Crippen LogP contribution in [0, 0.1) is 11.3 Å². The minimum absolute atomic E-state index is 0.0428. The van der Waals surface area contributed by atoms with Crippen LogP contribution in [0.5, 0.6) is 0 Å². The Balaban J connectivity index is 1.76. The first-order chi connectivity index (χ1) is 11.5. The van der Waals surface area contributed by atoms with Gasteiger partial charge in [0.1, 0.15) is 5.60 Å². The zero-order chi connectivity index (χ0) is 17.2. The Hall–Kier alpha value is -2.26. The number of nitriles is 1. The highest BCUT2D eigenvalue weighted by molar-refractivity contribution is 5.74. The van der Waals surface area contributed by atoms with E-state index in [0.29, 0.717) is 25.3 Å². The summed E-state index contributed by atoms with van der Waals surface area (Å²) in [6, 6.07) is 9.93. The second-order valence-corrected chi connectivity index (χ2v) is 6.82. The van der Waals surface area contributed by atoms with Crippen LogP contribution in [0.3, 0.4) is 0 Å². The largest absolute Gasteiger partial charge is 0.369 e. The van der Waals surface area contributed by atoms with E-state index in [9.17, 15) is 4.79 Å². The maximum Gasteiger partial charge on any atom is 0.319 e. The Morgan fingerprint density at radius 1 is 1.33 bits per heavy atom. The summed E-state index contributed by atoms with van der Waals surface area (Å²) in [5.74, 6) is 0. The molecule has 3 rings (SSSR count). The Labute approximate surface area is 143 Å². The first kappa shape index (κ1) is 16.6. The third-order valence-corrected chi connectivity index (χ3v) is 4.78. The minimum atomic E-state index is -0.315. The molecular weight excluding hydrogens is 304 g/mol. The average Bonchev–Trinajstić information content (AvgIpc) is 2.61. The van der Waals surface area contributed by atoms with Gasteiger partial charge in [0.15, 0.2) is 0 Å². The van der Waals surface area contributed by atoms with Crippen molar-refractivity contribution in [3.8, 4) is 6.07 Å². The van der Waals surface area contributed by atoms with Crippen molar-refractivity contribution in [2.75, 3.05) is 51.8 Å². The van der Waals surface area contributed by atoms with Crippen LogP contribution in [0.2, 0.25) is 0 Å². The molecule has 1 spiro atoms. The van der Waals surface area contributed by atoms with E-state index in [1.54, 1.807) is 19.0 Å². The number of carbonyl (C=O) groups excluding carboxylic acids is 1. The molecule has 2 saturated heterocycles. The number of anilines is 1. The third-order valence-electron chi connectivity index (χ3n) is 4.78. The van der Waals surface area contributed by atoms with E-state index in [4.69, 9.17) is 10.00 Å². The van der Waals surface area contributed by atoms with Crippen molar-refractivity contribution in [3.05, 3.63) is 29.8 Å². The number of benzene rings is 1. The first-order valence-electron chi connectivity index (χ1n) is 8.38. The number of piperidine rings is 1. The molecule has 24 heavy (non-hydrogen) atoms. The van der Waals surface area contributed by atoms with Crippen molar-refractivity contribution in [2.45, 2.75) is 18.4 Å².